The smallest absolute Gasteiger partial charge is 0.119 e. The van der Waals surface area contributed by atoms with Gasteiger partial charge >= 0.3 is 0 Å². The number of hydrogen-bond acceptors (Lipinski definition) is 3. The van der Waals surface area contributed by atoms with Gasteiger partial charge in [-0.05, 0) is 36.6 Å². The van der Waals surface area contributed by atoms with E-state index in [0.29, 0.717) is 0 Å². The first-order valence-electron chi connectivity index (χ1n) is 5.80. The molecule has 1 saturated carbocycles. The third kappa shape index (κ3) is 3.14. The van der Waals surface area contributed by atoms with Gasteiger partial charge in [0.2, 0.25) is 0 Å². The van der Waals surface area contributed by atoms with Crippen molar-refractivity contribution in [3.63, 3.8) is 0 Å². The largest absolute Gasteiger partial charge is 0.497 e. The molecule has 0 bridgehead atoms. The molecule has 2 atom stereocenters. The van der Waals surface area contributed by atoms with Crippen molar-refractivity contribution in [2.75, 3.05) is 20.3 Å². The Bertz CT molecular complexity index is 323. The van der Waals surface area contributed by atoms with E-state index in [9.17, 15) is 0 Å². The molecule has 1 fully saturated rings. The molecule has 1 aromatic rings. The predicted molar refractivity (Wildman–Crippen MR) is 64.1 cm³/mol. The van der Waals surface area contributed by atoms with Crippen molar-refractivity contribution in [3.05, 3.63) is 24.3 Å². The Morgan fingerprint density at radius 3 is 2.44 bits per heavy atom. The Morgan fingerprint density at radius 2 is 1.88 bits per heavy atom. The summed E-state index contributed by atoms with van der Waals surface area (Å²) in [7, 11) is 1.66. The van der Waals surface area contributed by atoms with Crippen molar-refractivity contribution >= 4 is 0 Å². The average Bonchev–Trinajstić information content (AvgIpc) is 3.02. The van der Waals surface area contributed by atoms with E-state index in [-0.39, 0.29) is 0 Å². The normalized spacial score (nSPS) is 22.9. The zero-order chi connectivity index (χ0) is 11.4. The number of nitrogens with one attached hydrogen (secondary N) is 1. The van der Waals surface area contributed by atoms with Crippen LogP contribution >= 0.6 is 0 Å². The Labute approximate surface area is 96.8 Å². The van der Waals surface area contributed by atoms with Crippen LogP contribution in [0.25, 0.3) is 0 Å². The molecule has 0 saturated heterocycles. The molecule has 2 rings (SSSR count). The van der Waals surface area contributed by atoms with Crippen molar-refractivity contribution in [2.45, 2.75) is 19.4 Å². The molecule has 1 N–H and O–H groups in total. The van der Waals surface area contributed by atoms with Crippen LogP contribution in [0.4, 0.5) is 0 Å². The number of benzene rings is 1. The third-order valence-electron chi connectivity index (χ3n) is 2.95. The quantitative estimate of drug-likeness (QED) is 0.746. The molecule has 0 aliphatic heterocycles. The van der Waals surface area contributed by atoms with Crippen molar-refractivity contribution in [2.24, 2.45) is 5.92 Å². The van der Waals surface area contributed by atoms with Crippen LogP contribution in [0.15, 0.2) is 24.3 Å². The van der Waals surface area contributed by atoms with Gasteiger partial charge in [0.05, 0.1) is 7.11 Å². The maximum absolute atomic E-state index is 5.60. The van der Waals surface area contributed by atoms with E-state index >= 15 is 0 Å². The Hall–Kier alpha value is -1.22. The predicted octanol–water partition coefficient (Wildman–Crippen LogP) is 2.07. The van der Waals surface area contributed by atoms with Crippen molar-refractivity contribution in [1.29, 1.82) is 0 Å². The van der Waals surface area contributed by atoms with Gasteiger partial charge in [-0.25, -0.2) is 0 Å². The Kier molecular flexibility index (Phi) is 3.67. The lowest BCUT2D eigenvalue weighted by Crippen LogP contribution is -2.23. The summed E-state index contributed by atoms with van der Waals surface area (Å²) in [5.74, 6) is 2.60. The summed E-state index contributed by atoms with van der Waals surface area (Å²) in [4.78, 5) is 0. The fourth-order valence-electron chi connectivity index (χ4n) is 1.69. The van der Waals surface area contributed by atoms with Gasteiger partial charge in [0.15, 0.2) is 0 Å². The summed E-state index contributed by atoms with van der Waals surface area (Å²) in [6.07, 6.45) is 1.31. The van der Waals surface area contributed by atoms with Crippen molar-refractivity contribution in [3.8, 4) is 11.5 Å². The van der Waals surface area contributed by atoms with Crippen LogP contribution in [0.5, 0.6) is 11.5 Å². The van der Waals surface area contributed by atoms with E-state index < -0.39 is 0 Å². The third-order valence-corrected chi connectivity index (χ3v) is 2.95. The molecule has 3 heteroatoms. The minimum absolute atomic E-state index is 0.718. The van der Waals surface area contributed by atoms with Crippen LogP contribution in [0.3, 0.4) is 0 Å². The van der Waals surface area contributed by atoms with Gasteiger partial charge in [-0.15, -0.1) is 0 Å². The highest BCUT2D eigenvalue weighted by atomic mass is 16.5. The summed E-state index contributed by atoms with van der Waals surface area (Å²) in [6, 6.07) is 8.40. The molecule has 2 unspecified atom stereocenters. The first-order valence-corrected chi connectivity index (χ1v) is 5.80. The summed E-state index contributed by atoms with van der Waals surface area (Å²) >= 11 is 0. The minimum Gasteiger partial charge on any atom is -0.497 e. The molecule has 1 aromatic carbocycles. The molecule has 0 heterocycles. The highest BCUT2D eigenvalue weighted by molar-refractivity contribution is 5.31. The van der Waals surface area contributed by atoms with E-state index in [2.05, 4.69) is 12.2 Å². The molecular weight excluding hydrogens is 202 g/mol. The number of ether oxygens (including phenoxy) is 2. The molecule has 88 valence electrons. The first kappa shape index (κ1) is 11.3. The van der Waals surface area contributed by atoms with E-state index in [1.54, 1.807) is 7.11 Å². The lowest BCUT2D eigenvalue weighted by atomic mass is 10.3. The highest BCUT2D eigenvalue weighted by Crippen LogP contribution is 2.28. The SMILES string of the molecule is COc1ccc(OCCNC2CC2C)cc1. The fourth-order valence-corrected chi connectivity index (χ4v) is 1.69. The summed E-state index contributed by atoms with van der Waals surface area (Å²) in [5.41, 5.74) is 0. The average molecular weight is 221 g/mol. The Morgan fingerprint density at radius 1 is 1.25 bits per heavy atom. The molecule has 1 aliphatic carbocycles. The molecule has 0 amide bonds. The lowest BCUT2D eigenvalue weighted by Gasteiger charge is -2.07. The molecule has 16 heavy (non-hydrogen) atoms. The maximum atomic E-state index is 5.60. The van der Waals surface area contributed by atoms with Gasteiger partial charge in [-0.3, -0.25) is 0 Å². The van der Waals surface area contributed by atoms with Gasteiger partial charge in [-0.2, -0.15) is 0 Å². The second kappa shape index (κ2) is 5.21. The summed E-state index contributed by atoms with van der Waals surface area (Å²) < 4.78 is 10.7. The molecular formula is C13H19NO2. The van der Waals surface area contributed by atoms with Crippen LogP contribution < -0.4 is 14.8 Å². The summed E-state index contributed by atoms with van der Waals surface area (Å²) in [6.45, 7) is 3.90. The fraction of sp³-hybridized carbons (Fsp3) is 0.538. The lowest BCUT2D eigenvalue weighted by molar-refractivity contribution is 0.311. The van der Waals surface area contributed by atoms with E-state index in [1.165, 1.54) is 6.42 Å². The monoisotopic (exact) mass is 221 g/mol. The maximum Gasteiger partial charge on any atom is 0.119 e. The van der Waals surface area contributed by atoms with Crippen LogP contribution in [0, 0.1) is 5.92 Å². The van der Waals surface area contributed by atoms with E-state index in [4.69, 9.17) is 9.47 Å². The standard InChI is InChI=1S/C13H19NO2/c1-10-9-13(10)14-7-8-16-12-5-3-11(15-2)4-6-12/h3-6,10,13-14H,7-9H2,1-2H3. The second-order valence-corrected chi connectivity index (χ2v) is 4.30. The van der Waals surface area contributed by atoms with Gasteiger partial charge in [0, 0.05) is 12.6 Å². The molecule has 0 radical (unpaired) electrons. The van der Waals surface area contributed by atoms with Crippen LogP contribution in [-0.4, -0.2) is 26.3 Å². The topological polar surface area (TPSA) is 30.5 Å². The van der Waals surface area contributed by atoms with Crippen molar-refractivity contribution < 1.29 is 9.47 Å². The van der Waals surface area contributed by atoms with Crippen LogP contribution in [0.2, 0.25) is 0 Å². The number of rotatable bonds is 6. The highest BCUT2D eigenvalue weighted by Gasteiger charge is 2.31. The second-order valence-electron chi connectivity index (χ2n) is 4.30. The minimum atomic E-state index is 0.718. The van der Waals surface area contributed by atoms with Gasteiger partial charge in [0.25, 0.3) is 0 Å². The molecule has 1 aliphatic rings. The van der Waals surface area contributed by atoms with Crippen LogP contribution in [-0.2, 0) is 0 Å². The first-order chi connectivity index (χ1) is 7.79. The van der Waals surface area contributed by atoms with E-state index in [0.717, 1.165) is 36.6 Å². The van der Waals surface area contributed by atoms with Crippen molar-refractivity contribution in [1.82, 2.24) is 5.32 Å². The number of methoxy groups -OCH3 is 1. The zero-order valence-corrected chi connectivity index (χ0v) is 9.90. The molecule has 0 spiro atoms. The zero-order valence-electron chi connectivity index (χ0n) is 9.90. The van der Waals surface area contributed by atoms with Crippen LogP contribution in [0.1, 0.15) is 13.3 Å². The van der Waals surface area contributed by atoms with Gasteiger partial charge < -0.3 is 14.8 Å². The summed E-state index contributed by atoms with van der Waals surface area (Å²) in [5, 5.41) is 3.45. The molecule has 3 nitrogen and oxygen atoms in total. The van der Waals surface area contributed by atoms with E-state index in [1.807, 2.05) is 24.3 Å². The van der Waals surface area contributed by atoms with Gasteiger partial charge in [-0.1, -0.05) is 6.92 Å². The Balaban J connectivity index is 1.64. The van der Waals surface area contributed by atoms with Gasteiger partial charge in [0.1, 0.15) is 18.1 Å². The molecule has 0 aromatic heterocycles. The number of hydrogen-bond donors (Lipinski definition) is 1.